The highest BCUT2D eigenvalue weighted by atomic mass is 19.1. The zero-order valence-corrected chi connectivity index (χ0v) is 13.7. The third-order valence-electron chi connectivity index (χ3n) is 3.72. The molecule has 1 aromatic rings. The van der Waals surface area contributed by atoms with E-state index in [2.05, 4.69) is 37.9 Å². The van der Waals surface area contributed by atoms with Crippen molar-refractivity contribution in [1.29, 1.82) is 0 Å². The Morgan fingerprint density at radius 3 is 2.38 bits per heavy atom. The van der Waals surface area contributed by atoms with Crippen molar-refractivity contribution in [3.8, 4) is 0 Å². The van der Waals surface area contributed by atoms with Gasteiger partial charge in [0.15, 0.2) is 0 Å². The maximum absolute atomic E-state index is 13.0. The lowest BCUT2D eigenvalue weighted by Crippen LogP contribution is -2.49. The first-order valence-corrected chi connectivity index (χ1v) is 7.79. The molecule has 2 N–H and O–H groups in total. The van der Waals surface area contributed by atoms with E-state index in [4.69, 9.17) is 0 Å². The lowest BCUT2D eigenvalue weighted by molar-refractivity contribution is 0.155. The van der Waals surface area contributed by atoms with Crippen LogP contribution in [0.25, 0.3) is 0 Å². The third-order valence-corrected chi connectivity index (χ3v) is 3.72. The molecule has 1 unspecified atom stereocenters. The Bertz CT molecular complexity index is 408. The highest BCUT2D eigenvalue weighted by Gasteiger charge is 2.23. The van der Waals surface area contributed by atoms with Crippen LogP contribution in [-0.4, -0.2) is 36.4 Å². The minimum Gasteiger partial charge on any atom is -0.394 e. The van der Waals surface area contributed by atoms with Crippen LogP contribution in [0.4, 0.5) is 10.1 Å². The van der Waals surface area contributed by atoms with E-state index in [9.17, 15) is 9.50 Å². The van der Waals surface area contributed by atoms with E-state index < -0.39 is 0 Å². The second kappa shape index (κ2) is 8.35. The molecule has 0 amide bonds. The number of aliphatic hydroxyl groups is 1. The van der Waals surface area contributed by atoms with E-state index in [0.29, 0.717) is 6.04 Å². The second-order valence-electron chi connectivity index (χ2n) is 6.18. The molecule has 0 bridgehead atoms. The zero-order chi connectivity index (χ0) is 15.9. The van der Waals surface area contributed by atoms with Gasteiger partial charge in [0.25, 0.3) is 0 Å². The maximum atomic E-state index is 13.0. The van der Waals surface area contributed by atoms with Gasteiger partial charge in [0.1, 0.15) is 5.82 Å². The zero-order valence-electron chi connectivity index (χ0n) is 13.7. The highest BCUT2D eigenvalue weighted by molar-refractivity contribution is 5.45. The molecule has 21 heavy (non-hydrogen) atoms. The van der Waals surface area contributed by atoms with E-state index >= 15 is 0 Å². The number of nitrogens with zero attached hydrogens (tertiary/aromatic N) is 1. The Morgan fingerprint density at radius 1 is 1.29 bits per heavy atom. The summed E-state index contributed by atoms with van der Waals surface area (Å²) in [7, 11) is 0. The topological polar surface area (TPSA) is 35.5 Å². The van der Waals surface area contributed by atoms with Crippen LogP contribution < -0.4 is 10.2 Å². The van der Waals surface area contributed by atoms with E-state index in [1.807, 2.05) is 12.1 Å². The Kier molecular flexibility index (Phi) is 7.12. The van der Waals surface area contributed by atoms with Gasteiger partial charge in [-0.15, -0.1) is 0 Å². The lowest BCUT2D eigenvalue weighted by Gasteiger charge is -2.32. The average molecular weight is 296 g/mol. The Hall–Kier alpha value is -1.13. The molecule has 0 radical (unpaired) electrons. The minimum absolute atomic E-state index is 0.133. The van der Waals surface area contributed by atoms with Crippen molar-refractivity contribution in [3.63, 3.8) is 0 Å². The highest BCUT2D eigenvalue weighted by Crippen LogP contribution is 2.18. The van der Waals surface area contributed by atoms with Crippen LogP contribution in [0.5, 0.6) is 0 Å². The van der Waals surface area contributed by atoms with Crippen LogP contribution in [0.2, 0.25) is 0 Å². The first-order chi connectivity index (χ1) is 9.90. The fourth-order valence-electron chi connectivity index (χ4n) is 2.68. The first-order valence-electron chi connectivity index (χ1n) is 7.79. The van der Waals surface area contributed by atoms with Crippen molar-refractivity contribution < 1.29 is 9.50 Å². The van der Waals surface area contributed by atoms with Crippen molar-refractivity contribution in [1.82, 2.24) is 5.32 Å². The van der Waals surface area contributed by atoms with Crippen molar-refractivity contribution >= 4 is 5.69 Å². The predicted octanol–water partition coefficient (Wildman–Crippen LogP) is 3.18. The van der Waals surface area contributed by atoms with Crippen molar-refractivity contribution in [2.45, 2.75) is 52.1 Å². The number of rotatable bonds is 9. The molecule has 0 aliphatic carbocycles. The molecule has 1 atom stereocenters. The van der Waals surface area contributed by atoms with E-state index in [-0.39, 0.29) is 18.0 Å². The van der Waals surface area contributed by atoms with Crippen LogP contribution >= 0.6 is 0 Å². The summed E-state index contributed by atoms with van der Waals surface area (Å²) in [5, 5.41) is 13.0. The minimum atomic E-state index is -0.240. The molecule has 3 nitrogen and oxygen atoms in total. The SMILES string of the molecule is CCN(CCCC(C)(CO)NC(C)C)c1ccc(F)cc1. The van der Waals surface area contributed by atoms with Gasteiger partial charge in [-0.3, -0.25) is 0 Å². The van der Waals surface area contributed by atoms with Gasteiger partial charge in [-0.1, -0.05) is 13.8 Å². The molecule has 0 aliphatic rings. The number of aliphatic hydroxyl groups excluding tert-OH is 1. The largest absolute Gasteiger partial charge is 0.394 e. The fraction of sp³-hybridized carbons (Fsp3) is 0.647. The predicted molar refractivity (Wildman–Crippen MR) is 87.3 cm³/mol. The van der Waals surface area contributed by atoms with Crippen LogP contribution in [0.3, 0.4) is 0 Å². The molecule has 1 rings (SSSR count). The third kappa shape index (κ3) is 6.02. The molecule has 0 saturated heterocycles. The molecule has 0 aromatic heterocycles. The quantitative estimate of drug-likeness (QED) is 0.734. The van der Waals surface area contributed by atoms with Gasteiger partial charge in [0, 0.05) is 30.4 Å². The van der Waals surface area contributed by atoms with Gasteiger partial charge < -0.3 is 15.3 Å². The van der Waals surface area contributed by atoms with Crippen molar-refractivity contribution in [2.75, 3.05) is 24.6 Å². The summed E-state index contributed by atoms with van der Waals surface area (Å²) in [6, 6.07) is 6.97. The van der Waals surface area contributed by atoms with Crippen LogP contribution in [0.1, 0.15) is 40.5 Å². The van der Waals surface area contributed by atoms with Crippen LogP contribution in [0.15, 0.2) is 24.3 Å². The number of nitrogens with one attached hydrogen (secondary N) is 1. The van der Waals surface area contributed by atoms with E-state index in [0.717, 1.165) is 31.6 Å². The number of anilines is 1. The summed E-state index contributed by atoms with van der Waals surface area (Å²) in [6.45, 7) is 10.3. The Balaban J connectivity index is 2.53. The lowest BCUT2D eigenvalue weighted by atomic mass is 9.95. The molecular weight excluding hydrogens is 267 g/mol. The number of hydrogen-bond donors (Lipinski definition) is 2. The Morgan fingerprint density at radius 2 is 1.90 bits per heavy atom. The fourth-order valence-corrected chi connectivity index (χ4v) is 2.68. The molecular formula is C17H29FN2O. The molecule has 0 spiro atoms. The normalized spacial score (nSPS) is 14.2. The van der Waals surface area contributed by atoms with Gasteiger partial charge in [-0.25, -0.2) is 4.39 Å². The molecule has 0 aliphatic heterocycles. The summed E-state index contributed by atoms with van der Waals surface area (Å²) >= 11 is 0. The van der Waals surface area contributed by atoms with Gasteiger partial charge in [-0.05, 0) is 51.0 Å². The van der Waals surface area contributed by atoms with E-state index in [1.54, 1.807) is 0 Å². The second-order valence-corrected chi connectivity index (χ2v) is 6.18. The molecule has 0 fully saturated rings. The molecule has 120 valence electrons. The molecule has 4 heteroatoms. The standard InChI is InChI=1S/C17H29FN2O/c1-5-20(16-9-7-15(18)8-10-16)12-6-11-17(4,13-21)19-14(2)3/h7-10,14,19,21H,5-6,11-13H2,1-4H3. The van der Waals surface area contributed by atoms with E-state index in [1.165, 1.54) is 12.1 Å². The number of halogens is 1. The summed E-state index contributed by atoms with van der Waals surface area (Å²) in [5.74, 6) is -0.205. The summed E-state index contributed by atoms with van der Waals surface area (Å²) in [5.41, 5.74) is 0.803. The van der Waals surface area contributed by atoms with Crippen molar-refractivity contribution in [3.05, 3.63) is 30.1 Å². The Labute approximate surface area is 128 Å². The molecule has 0 heterocycles. The average Bonchev–Trinajstić information content (AvgIpc) is 2.44. The van der Waals surface area contributed by atoms with Gasteiger partial charge in [0.2, 0.25) is 0 Å². The summed E-state index contributed by atoms with van der Waals surface area (Å²) < 4.78 is 13.0. The molecule has 1 aromatic carbocycles. The van der Waals surface area contributed by atoms with Crippen LogP contribution in [0, 0.1) is 5.82 Å². The van der Waals surface area contributed by atoms with Crippen LogP contribution in [-0.2, 0) is 0 Å². The number of benzene rings is 1. The monoisotopic (exact) mass is 296 g/mol. The van der Waals surface area contributed by atoms with Gasteiger partial charge in [0.05, 0.1) is 6.61 Å². The smallest absolute Gasteiger partial charge is 0.123 e. The van der Waals surface area contributed by atoms with Crippen molar-refractivity contribution in [2.24, 2.45) is 0 Å². The summed E-state index contributed by atoms with van der Waals surface area (Å²) in [4.78, 5) is 2.23. The van der Waals surface area contributed by atoms with Gasteiger partial charge in [-0.2, -0.15) is 0 Å². The number of hydrogen-bond acceptors (Lipinski definition) is 3. The first kappa shape index (κ1) is 17.9. The van der Waals surface area contributed by atoms with Gasteiger partial charge >= 0.3 is 0 Å². The molecule has 0 saturated carbocycles. The maximum Gasteiger partial charge on any atom is 0.123 e. The summed E-state index contributed by atoms with van der Waals surface area (Å²) in [6.07, 6.45) is 1.88.